The summed E-state index contributed by atoms with van der Waals surface area (Å²) in [5, 5.41) is 3.44. The van der Waals surface area contributed by atoms with E-state index in [1.54, 1.807) is 13.8 Å². The van der Waals surface area contributed by atoms with Crippen LogP contribution in [0.3, 0.4) is 0 Å². The molecule has 78 valence electrons. The lowest BCUT2D eigenvalue weighted by Crippen LogP contribution is -2.34. The smallest absolute Gasteiger partial charge is 0.106 e. The Morgan fingerprint density at radius 2 is 1.85 bits per heavy atom. The lowest BCUT2D eigenvalue weighted by Gasteiger charge is -2.24. The van der Waals surface area contributed by atoms with Crippen molar-refractivity contribution in [2.45, 2.75) is 64.1 Å². The fourth-order valence-corrected chi connectivity index (χ4v) is 1.88. The van der Waals surface area contributed by atoms with Gasteiger partial charge < -0.3 is 5.32 Å². The zero-order valence-electron chi connectivity index (χ0n) is 8.91. The van der Waals surface area contributed by atoms with Gasteiger partial charge >= 0.3 is 0 Å². The molecule has 0 aromatic heterocycles. The van der Waals surface area contributed by atoms with Gasteiger partial charge in [-0.25, -0.2) is 4.39 Å². The Balaban J connectivity index is 2.04. The average molecular weight is 187 g/mol. The van der Waals surface area contributed by atoms with E-state index in [1.807, 2.05) is 0 Å². The molecule has 0 heterocycles. The maximum atomic E-state index is 13.1. The van der Waals surface area contributed by atoms with Gasteiger partial charge in [-0.05, 0) is 39.7 Å². The molecule has 1 fully saturated rings. The first kappa shape index (κ1) is 11.0. The zero-order valence-corrected chi connectivity index (χ0v) is 8.91. The van der Waals surface area contributed by atoms with Gasteiger partial charge in [0.2, 0.25) is 0 Å². The summed E-state index contributed by atoms with van der Waals surface area (Å²) >= 11 is 0. The van der Waals surface area contributed by atoms with Gasteiger partial charge in [0.15, 0.2) is 0 Å². The highest BCUT2D eigenvalue weighted by Gasteiger charge is 2.17. The van der Waals surface area contributed by atoms with E-state index < -0.39 is 5.67 Å². The number of nitrogens with one attached hydrogen (secondary N) is 1. The maximum absolute atomic E-state index is 13.1. The Bertz CT molecular complexity index is 134. The van der Waals surface area contributed by atoms with E-state index in [0.717, 1.165) is 6.54 Å². The molecule has 0 amide bonds. The fourth-order valence-electron chi connectivity index (χ4n) is 1.88. The molecule has 0 bridgehead atoms. The van der Waals surface area contributed by atoms with Crippen molar-refractivity contribution in [1.82, 2.24) is 5.32 Å². The summed E-state index contributed by atoms with van der Waals surface area (Å²) in [6.45, 7) is 4.12. The van der Waals surface area contributed by atoms with Crippen molar-refractivity contribution in [3.63, 3.8) is 0 Å². The molecular formula is C11H22FN. The van der Waals surface area contributed by atoms with Crippen molar-refractivity contribution in [3.05, 3.63) is 0 Å². The number of halogens is 1. The first-order valence-corrected chi connectivity index (χ1v) is 5.50. The maximum Gasteiger partial charge on any atom is 0.106 e. The molecule has 1 nitrogen and oxygen atoms in total. The summed E-state index contributed by atoms with van der Waals surface area (Å²) < 4.78 is 13.1. The van der Waals surface area contributed by atoms with Crippen LogP contribution in [0, 0.1) is 0 Å². The Morgan fingerprint density at radius 3 is 2.38 bits per heavy atom. The minimum atomic E-state index is -1.01. The normalized spacial score (nSPS) is 20.5. The van der Waals surface area contributed by atoms with Gasteiger partial charge in [-0.1, -0.05) is 19.3 Å². The minimum Gasteiger partial charge on any atom is -0.314 e. The van der Waals surface area contributed by atoms with Crippen LogP contribution in [-0.4, -0.2) is 18.3 Å². The van der Waals surface area contributed by atoms with Crippen LogP contribution in [0.2, 0.25) is 0 Å². The van der Waals surface area contributed by atoms with Gasteiger partial charge in [0.1, 0.15) is 5.67 Å². The molecule has 0 aromatic rings. The fraction of sp³-hybridized carbons (Fsp3) is 1.00. The predicted octanol–water partition coefficient (Wildman–Crippen LogP) is 3.05. The monoisotopic (exact) mass is 187 g/mol. The molecule has 1 saturated carbocycles. The van der Waals surface area contributed by atoms with Crippen LogP contribution in [0.25, 0.3) is 0 Å². The highest BCUT2D eigenvalue weighted by Crippen LogP contribution is 2.18. The summed E-state index contributed by atoms with van der Waals surface area (Å²) in [5.74, 6) is 0. The van der Waals surface area contributed by atoms with E-state index >= 15 is 0 Å². The third kappa shape index (κ3) is 5.25. The number of rotatable bonds is 4. The Hall–Kier alpha value is -0.110. The molecule has 0 atom stereocenters. The summed E-state index contributed by atoms with van der Waals surface area (Å²) in [5.41, 5.74) is -1.01. The van der Waals surface area contributed by atoms with Gasteiger partial charge in [0, 0.05) is 6.04 Å². The van der Waals surface area contributed by atoms with Crippen LogP contribution in [-0.2, 0) is 0 Å². The molecule has 2 heteroatoms. The van der Waals surface area contributed by atoms with E-state index in [4.69, 9.17) is 0 Å². The van der Waals surface area contributed by atoms with E-state index in [1.165, 1.54) is 32.1 Å². The zero-order chi connectivity index (χ0) is 9.73. The highest BCUT2D eigenvalue weighted by atomic mass is 19.1. The molecule has 0 spiro atoms. The predicted molar refractivity (Wildman–Crippen MR) is 54.7 cm³/mol. The number of hydrogen-bond acceptors (Lipinski definition) is 1. The summed E-state index contributed by atoms with van der Waals surface area (Å²) in [7, 11) is 0. The van der Waals surface area contributed by atoms with Crippen molar-refractivity contribution in [3.8, 4) is 0 Å². The van der Waals surface area contributed by atoms with Crippen molar-refractivity contribution >= 4 is 0 Å². The molecule has 0 aliphatic heterocycles. The van der Waals surface area contributed by atoms with Gasteiger partial charge in [0.25, 0.3) is 0 Å². The van der Waals surface area contributed by atoms with Crippen molar-refractivity contribution in [2.75, 3.05) is 6.54 Å². The molecule has 0 radical (unpaired) electrons. The van der Waals surface area contributed by atoms with Gasteiger partial charge in [0.05, 0.1) is 0 Å². The Kier molecular flexibility index (Phi) is 4.17. The minimum absolute atomic E-state index is 0.628. The summed E-state index contributed by atoms with van der Waals surface area (Å²) in [4.78, 5) is 0. The molecule has 1 aliphatic carbocycles. The van der Waals surface area contributed by atoms with Crippen molar-refractivity contribution in [2.24, 2.45) is 0 Å². The number of alkyl halides is 1. The van der Waals surface area contributed by atoms with Crippen molar-refractivity contribution in [1.29, 1.82) is 0 Å². The first-order chi connectivity index (χ1) is 6.08. The Morgan fingerprint density at radius 1 is 1.23 bits per heavy atom. The second-order valence-electron chi connectivity index (χ2n) is 4.76. The molecular weight excluding hydrogens is 165 g/mol. The molecule has 0 unspecified atom stereocenters. The van der Waals surface area contributed by atoms with Gasteiger partial charge in [-0.3, -0.25) is 0 Å². The third-order valence-electron chi connectivity index (χ3n) is 2.76. The van der Waals surface area contributed by atoms with E-state index in [-0.39, 0.29) is 0 Å². The molecule has 0 saturated heterocycles. The Labute approximate surface area is 81.1 Å². The second kappa shape index (κ2) is 4.94. The quantitative estimate of drug-likeness (QED) is 0.713. The third-order valence-corrected chi connectivity index (χ3v) is 2.76. The standard InChI is InChI=1S/C11H22FN/c1-11(2,12)8-9-13-10-6-4-3-5-7-10/h10,13H,3-9H2,1-2H3. The second-order valence-corrected chi connectivity index (χ2v) is 4.76. The largest absolute Gasteiger partial charge is 0.314 e. The highest BCUT2D eigenvalue weighted by molar-refractivity contribution is 4.74. The van der Waals surface area contributed by atoms with Crippen LogP contribution in [0.5, 0.6) is 0 Å². The van der Waals surface area contributed by atoms with Gasteiger partial charge in [-0.2, -0.15) is 0 Å². The van der Waals surface area contributed by atoms with E-state index in [0.29, 0.717) is 12.5 Å². The lowest BCUT2D eigenvalue weighted by atomic mass is 9.95. The van der Waals surface area contributed by atoms with Crippen LogP contribution < -0.4 is 5.32 Å². The van der Waals surface area contributed by atoms with Crippen molar-refractivity contribution < 1.29 is 4.39 Å². The molecule has 1 rings (SSSR count). The topological polar surface area (TPSA) is 12.0 Å². The van der Waals surface area contributed by atoms with Crippen LogP contribution in [0.4, 0.5) is 4.39 Å². The first-order valence-electron chi connectivity index (χ1n) is 5.50. The van der Waals surface area contributed by atoms with Gasteiger partial charge in [-0.15, -0.1) is 0 Å². The summed E-state index contributed by atoms with van der Waals surface area (Å²) in [6, 6.07) is 0.663. The van der Waals surface area contributed by atoms with Crippen LogP contribution in [0.1, 0.15) is 52.4 Å². The molecule has 0 aromatic carbocycles. The summed E-state index contributed by atoms with van der Waals surface area (Å²) in [6.07, 6.45) is 7.27. The van der Waals surface area contributed by atoms with Crippen LogP contribution in [0.15, 0.2) is 0 Å². The lowest BCUT2D eigenvalue weighted by molar-refractivity contribution is 0.195. The SMILES string of the molecule is CC(C)(F)CCNC1CCCCC1. The number of hydrogen-bond donors (Lipinski definition) is 1. The average Bonchev–Trinajstić information content (AvgIpc) is 2.04. The van der Waals surface area contributed by atoms with Crippen LogP contribution >= 0.6 is 0 Å². The van der Waals surface area contributed by atoms with E-state index in [9.17, 15) is 4.39 Å². The molecule has 1 aliphatic rings. The van der Waals surface area contributed by atoms with E-state index in [2.05, 4.69) is 5.32 Å². The molecule has 1 N–H and O–H groups in total. The molecule has 13 heavy (non-hydrogen) atoms.